The van der Waals surface area contributed by atoms with Crippen molar-refractivity contribution in [2.75, 3.05) is 20.3 Å². The number of amides is 1. The fourth-order valence-corrected chi connectivity index (χ4v) is 1.57. The zero-order chi connectivity index (χ0) is 13.5. The second kappa shape index (κ2) is 6.98. The SMILES string of the molecule is COCCC(CO)NC(=O)c1cccc(C)c1O. The van der Waals surface area contributed by atoms with Crippen molar-refractivity contribution < 1.29 is 19.7 Å². The lowest BCUT2D eigenvalue weighted by atomic mass is 10.1. The van der Waals surface area contributed by atoms with Gasteiger partial charge in [0.15, 0.2) is 0 Å². The molecular formula is C13H19NO4. The standard InChI is InChI=1S/C13H19NO4/c1-9-4-3-5-11(12(9)16)13(17)14-10(8-15)6-7-18-2/h3-5,10,15-16H,6-8H2,1-2H3,(H,14,17). The molecule has 1 aromatic carbocycles. The Morgan fingerprint density at radius 1 is 1.50 bits per heavy atom. The summed E-state index contributed by atoms with van der Waals surface area (Å²) in [6, 6.07) is 4.59. The minimum Gasteiger partial charge on any atom is -0.507 e. The molecule has 0 radical (unpaired) electrons. The fraction of sp³-hybridized carbons (Fsp3) is 0.462. The summed E-state index contributed by atoms with van der Waals surface area (Å²) in [5.41, 5.74) is 0.853. The minimum absolute atomic E-state index is 0.0292. The van der Waals surface area contributed by atoms with E-state index >= 15 is 0 Å². The van der Waals surface area contributed by atoms with Crippen molar-refractivity contribution in [3.8, 4) is 5.75 Å². The number of aliphatic hydroxyl groups excluding tert-OH is 1. The minimum atomic E-state index is -0.397. The lowest BCUT2D eigenvalue weighted by molar-refractivity contribution is 0.0892. The third-order valence-electron chi connectivity index (χ3n) is 2.71. The molecule has 1 rings (SSSR count). The third kappa shape index (κ3) is 3.72. The van der Waals surface area contributed by atoms with Crippen LogP contribution in [0.25, 0.3) is 0 Å². The fourth-order valence-electron chi connectivity index (χ4n) is 1.57. The summed E-state index contributed by atoms with van der Waals surface area (Å²) in [4.78, 5) is 11.9. The van der Waals surface area contributed by atoms with Gasteiger partial charge in [0.1, 0.15) is 5.75 Å². The van der Waals surface area contributed by atoms with E-state index in [2.05, 4.69) is 5.32 Å². The number of ether oxygens (including phenoxy) is 1. The summed E-state index contributed by atoms with van der Waals surface area (Å²) in [5, 5.41) is 21.6. The number of nitrogens with one attached hydrogen (secondary N) is 1. The monoisotopic (exact) mass is 253 g/mol. The van der Waals surface area contributed by atoms with Crippen molar-refractivity contribution in [1.29, 1.82) is 0 Å². The Labute approximate surface area is 106 Å². The van der Waals surface area contributed by atoms with Gasteiger partial charge in [-0.2, -0.15) is 0 Å². The summed E-state index contributed by atoms with van der Waals surface area (Å²) < 4.78 is 4.89. The van der Waals surface area contributed by atoms with E-state index in [1.165, 1.54) is 0 Å². The maximum absolute atomic E-state index is 11.9. The molecule has 18 heavy (non-hydrogen) atoms. The summed E-state index contributed by atoms with van der Waals surface area (Å²) in [7, 11) is 1.56. The Kier molecular flexibility index (Phi) is 5.61. The Bertz CT molecular complexity index is 406. The molecule has 3 N–H and O–H groups in total. The number of carbonyl (C=O) groups excluding carboxylic acids is 1. The zero-order valence-corrected chi connectivity index (χ0v) is 10.6. The van der Waals surface area contributed by atoms with Crippen molar-refractivity contribution >= 4 is 5.91 Å². The van der Waals surface area contributed by atoms with Gasteiger partial charge in [-0.15, -0.1) is 0 Å². The molecule has 1 amide bonds. The average Bonchev–Trinajstić information content (AvgIpc) is 2.37. The third-order valence-corrected chi connectivity index (χ3v) is 2.71. The lowest BCUT2D eigenvalue weighted by Gasteiger charge is -2.16. The van der Waals surface area contributed by atoms with Crippen LogP contribution in [0.3, 0.4) is 0 Å². The van der Waals surface area contributed by atoms with Gasteiger partial charge < -0.3 is 20.3 Å². The molecule has 0 aliphatic carbocycles. The first-order valence-corrected chi connectivity index (χ1v) is 5.79. The zero-order valence-electron chi connectivity index (χ0n) is 10.6. The molecule has 5 nitrogen and oxygen atoms in total. The van der Waals surface area contributed by atoms with Crippen molar-refractivity contribution in [3.05, 3.63) is 29.3 Å². The maximum atomic E-state index is 11.9. The van der Waals surface area contributed by atoms with Crippen LogP contribution in [0.15, 0.2) is 18.2 Å². The summed E-state index contributed by atoms with van der Waals surface area (Å²) in [6.07, 6.45) is 0.519. The van der Waals surface area contributed by atoms with E-state index in [0.717, 1.165) is 0 Å². The van der Waals surface area contributed by atoms with Crippen LogP contribution in [0.1, 0.15) is 22.3 Å². The van der Waals surface area contributed by atoms with Crippen LogP contribution in [0.2, 0.25) is 0 Å². The number of phenols is 1. The number of aliphatic hydroxyl groups is 1. The van der Waals surface area contributed by atoms with Crippen LogP contribution in [0.4, 0.5) is 0 Å². The van der Waals surface area contributed by atoms with Gasteiger partial charge in [0, 0.05) is 13.7 Å². The van der Waals surface area contributed by atoms with Crippen molar-refractivity contribution in [2.45, 2.75) is 19.4 Å². The van der Waals surface area contributed by atoms with E-state index in [1.54, 1.807) is 32.2 Å². The second-order valence-corrected chi connectivity index (χ2v) is 4.11. The topological polar surface area (TPSA) is 78.8 Å². The van der Waals surface area contributed by atoms with Crippen molar-refractivity contribution in [3.63, 3.8) is 0 Å². The molecule has 5 heteroatoms. The summed E-state index contributed by atoms with van der Waals surface area (Å²) in [6.45, 7) is 2.01. The van der Waals surface area contributed by atoms with Crippen LogP contribution in [0, 0.1) is 6.92 Å². The molecule has 1 aromatic rings. The predicted octanol–water partition coefficient (Wildman–Crippen LogP) is 0.828. The molecule has 0 saturated heterocycles. The van der Waals surface area contributed by atoms with Crippen molar-refractivity contribution in [1.82, 2.24) is 5.32 Å². The first-order chi connectivity index (χ1) is 8.60. The number of methoxy groups -OCH3 is 1. The van der Waals surface area contributed by atoms with E-state index in [0.29, 0.717) is 18.6 Å². The van der Waals surface area contributed by atoms with Gasteiger partial charge >= 0.3 is 0 Å². The number of carbonyl (C=O) groups is 1. The first kappa shape index (κ1) is 14.5. The molecule has 0 aliphatic heterocycles. The normalized spacial score (nSPS) is 12.2. The highest BCUT2D eigenvalue weighted by Gasteiger charge is 2.16. The smallest absolute Gasteiger partial charge is 0.255 e. The highest BCUT2D eigenvalue weighted by Crippen LogP contribution is 2.21. The molecule has 0 saturated carbocycles. The maximum Gasteiger partial charge on any atom is 0.255 e. The molecule has 100 valence electrons. The number of aromatic hydroxyl groups is 1. The highest BCUT2D eigenvalue weighted by atomic mass is 16.5. The number of benzene rings is 1. The van der Waals surface area contributed by atoms with Gasteiger partial charge in [0.05, 0.1) is 18.2 Å². The van der Waals surface area contributed by atoms with Crippen LogP contribution < -0.4 is 5.32 Å². The Morgan fingerprint density at radius 2 is 2.22 bits per heavy atom. The number of hydrogen-bond donors (Lipinski definition) is 3. The Balaban J connectivity index is 2.72. The molecular weight excluding hydrogens is 234 g/mol. The summed E-state index contributed by atoms with van der Waals surface area (Å²) >= 11 is 0. The molecule has 1 atom stereocenters. The molecule has 0 aliphatic rings. The van der Waals surface area contributed by atoms with Gasteiger partial charge in [-0.05, 0) is 25.0 Å². The van der Waals surface area contributed by atoms with E-state index in [1.807, 2.05) is 0 Å². The number of phenolic OH excluding ortho intramolecular Hbond substituents is 1. The summed E-state index contributed by atoms with van der Waals surface area (Å²) in [5.74, 6) is -0.426. The van der Waals surface area contributed by atoms with Crippen LogP contribution >= 0.6 is 0 Å². The van der Waals surface area contributed by atoms with Crippen molar-refractivity contribution in [2.24, 2.45) is 0 Å². The van der Waals surface area contributed by atoms with E-state index in [4.69, 9.17) is 9.84 Å². The molecule has 0 bridgehead atoms. The second-order valence-electron chi connectivity index (χ2n) is 4.11. The number of hydrogen-bond acceptors (Lipinski definition) is 4. The van der Waals surface area contributed by atoms with Gasteiger partial charge in [-0.3, -0.25) is 4.79 Å². The highest BCUT2D eigenvalue weighted by molar-refractivity contribution is 5.97. The van der Waals surface area contributed by atoms with Gasteiger partial charge in [0.25, 0.3) is 5.91 Å². The lowest BCUT2D eigenvalue weighted by Crippen LogP contribution is -2.38. The Morgan fingerprint density at radius 3 is 2.83 bits per heavy atom. The predicted molar refractivity (Wildman–Crippen MR) is 67.7 cm³/mol. The van der Waals surface area contributed by atoms with Crippen LogP contribution in [-0.4, -0.2) is 42.5 Å². The van der Waals surface area contributed by atoms with Gasteiger partial charge in [0.2, 0.25) is 0 Å². The average molecular weight is 253 g/mol. The largest absolute Gasteiger partial charge is 0.507 e. The molecule has 0 heterocycles. The molecule has 1 unspecified atom stereocenters. The van der Waals surface area contributed by atoms with Crippen LogP contribution in [-0.2, 0) is 4.74 Å². The number of aryl methyl sites for hydroxylation is 1. The van der Waals surface area contributed by atoms with E-state index < -0.39 is 5.91 Å². The molecule has 0 fully saturated rings. The van der Waals surface area contributed by atoms with E-state index in [9.17, 15) is 9.90 Å². The molecule has 0 aromatic heterocycles. The van der Waals surface area contributed by atoms with Gasteiger partial charge in [-0.1, -0.05) is 12.1 Å². The van der Waals surface area contributed by atoms with Crippen LogP contribution in [0.5, 0.6) is 5.75 Å². The molecule has 0 spiro atoms. The number of para-hydroxylation sites is 1. The number of rotatable bonds is 6. The van der Waals surface area contributed by atoms with Gasteiger partial charge in [-0.25, -0.2) is 0 Å². The Hall–Kier alpha value is -1.59. The quantitative estimate of drug-likeness (QED) is 0.701. The van der Waals surface area contributed by atoms with E-state index in [-0.39, 0.29) is 24.0 Å². The first-order valence-electron chi connectivity index (χ1n) is 5.79.